The second-order valence-electron chi connectivity index (χ2n) is 4.49. The van der Waals surface area contributed by atoms with Gasteiger partial charge in [0, 0.05) is 13.1 Å². The van der Waals surface area contributed by atoms with Crippen molar-refractivity contribution >= 4 is 5.91 Å². The summed E-state index contributed by atoms with van der Waals surface area (Å²) in [6.45, 7) is 9.57. The van der Waals surface area contributed by atoms with Crippen LogP contribution in [0.3, 0.4) is 0 Å². The fraction of sp³-hybridized carbons (Fsp3) is 0.533. The molecule has 0 aliphatic rings. The predicted octanol–water partition coefficient (Wildman–Crippen LogP) is 2.72. The number of hydrogen-bond acceptors (Lipinski definition) is 2. The molecule has 0 bridgehead atoms. The highest BCUT2D eigenvalue weighted by atomic mass is 16.5. The summed E-state index contributed by atoms with van der Waals surface area (Å²) in [7, 11) is 1.67. The van der Waals surface area contributed by atoms with Crippen molar-refractivity contribution < 1.29 is 9.53 Å². The lowest BCUT2D eigenvalue weighted by Crippen LogP contribution is -2.31. The van der Waals surface area contributed by atoms with E-state index >= 15 is 0 Å². The summed E-state index contributed by atoms with van der Waals surface area (Å²) in [5, 5.41) is 0. The number of methoxy groups -OCH3 is 1. The first-order valence-electron chi connectivity index (χ1n) is 6.45. The first-order chi connectivity index (χ1) is 8.53. The monoisotopic (exact) mass is 249 g/mol. The maximum Gasteiger partial charge on any atom is 0.226 e. The standard InChI is InChI=1S/C15H23NO2/c1-6-16(7-2)15(17)10-13-8-12(4)14(18-5)9-11(13)3/h8-9H,6-7,10H2,1-5H3. The zero-order valence-electron chi connectivity index (χ0n) is 12.0. The van der Waals surface area contributed by atoms with E-state index in [-0.39, 0.29) is 5.91 Å². The third-order valence-corrected chi connectivity index (χ3v) is 3.31. The number of nitrogens with zero attached hydrogens (tertiary/aromatic N) is 1. The van der Waals surface area contributed by atoms with Gasteiger partial charge in [0.25, 0.3) is 0 Å². The molecule has 1 aromatic carbocycles. The molecule has 3 nitrogen and oxygen atoms in total. The van der Waals surface area contributed by atoms with E-state index in [2.05, 4.69) is 6.07 Å². The summed E-state index contributed by atoms with van der Waals surface area (Å²) >= 11 is 0. The van der Waals surface area contributed by atoms with Crippen molar-refractivity contribution in [2.45, 2.75) is 34.1 Å². The van der Waals surface area contributed by atoms with Gasteiger partial charge in [0.2, 0.25) is 5.91 Å². The number of amides is 1. The molecular formula is C15H23NO2. The Labute approximate surface area is 110 Å². The lowest BCUT2D eigenvalue weighted by molar-refractivity contribution is -0.130. The molecule has 1 amide bonds. The van der Waals surface area contributed by atoms with Crippen molar-refractivity contribution in [2.75, 3.05) is 20.2 Å². The Bertz CT molecular complexity index is 423. The number of carbonyl (C=O) groups is 1. The van der Waals surface area contributed by atoms with Gasteiger partial charge in [0.05, 0.1) is 13.5 Å². The van der Waals surface area contributed by atoms with Crippen molar-refractivity contribution in [1.82, 2.24) is 4.90 Å². The van der Waals surface area contributed by atoms with Crippen LogP contribution in [0, 0.1) is 13.8 Å². The van der Waals surface area contributed by atoms with Gasteiger partial charge in [-0.1, -0.05) is 6.07 Å². The smallest absolute Gasteiger partial charge is 0.226 e. The van der Waals surface area contributed by atoms with Gasteiger partial charge in [-0.3, -0.25) is 4.79 Å². The molecule has 0 radical (unpaired) electrons. The van der Waals surface area contributed by atoms with E-state index in [1.165, 1.54) is 0 Å². The summed E-state index contributed by atoms with van der Waals surface area (Å²) in [4.78, 5) is 13.9. The van der Waals surface area contributed by atoms with Crippen LogP contribution in [0.2, 0.25) is 0 Å². The van der Waals surface area contributed by atoms with Crippen molar-refractivity contribution in [2.24, 2.45) is 0 Å². The molecule has 0 aliphatic heterocycles. The predicted molar refractivity (Wildman–Crippen MR) is 74.1 cm³/mol. The van der Waals surface area contributed by atoms with E-state index in [1.807, 2.05) is 38.7 Å². The van der Waals surface area contributed by atoms with Crippen molar-refractivity contribution in [3.8, 4) is 5.75 Å². The first kappa shape index (κ1) is 14.6. The van der Waals surface area contributed by atoms with Crippen LogP contribution in [-0.2, 0) is 11.2 Å². The fourth-order valence-electron chi connectivity index (χ4n) is 2.11. The average Bonchev–Trinajstić information content (AvgIpc) is 2.34. The second-order valence-corrected chi connectivity index (χ2v) is 4.49. The molecule has 0 N–H and O–H groups in total. The first-order valence-corrected chi connectivity index (χ1v) is 6.45. The Morgan fingerprint density at radius 3 is 2.28 bits per heavy atom. The summed E-state index contributed by atoms with van der Waals surface area (Å²) in [5.74, 6) is 1.07. The molecule has 0 aromatic heterocycles. The van der Waals surface area contributed by atoms with Gasteiger partial charge < -0.3 is 9.64 Å². The second kappa shape index (κ2) is 6.43. The molecule has 0 unspecified atom stereocenters. The van der Waals surface area contributed by atoms with E-state index in [1.54, 1.807) is 7.11 Å². The molecule has 1 aromatic rings. The average molecular weight is 249 g/mol. The zero-order chi connectivity index (χ0) is 13.7. The molecule has 0 aliphatic carbocycles. The van der Waals surface area contributed by atoms with Crippen LogP contribution < -0.4 is 4.74 Å². The normalized spacial score (nSPS) is 10.3. The van der Waals surface area contributed by atoms with Crippen molar-refractivity contribution in [1.29, 1.82) is 0 Å². The van der Waals surface area contributed by atoms with E-state index in [4.69, 9.17) is 4.74 Å². The maximum atomic E-state index is 12.1. The highest BCUT2D eigenvalue weighted by Gasteiger charge is 2.13. The molecule has 3 heteroatoms. The van der Waals surface area contributed by atoms with E-state index in [9.17, 15) is 4.79 Å². The molecule has 0 fully saturated rings. The van der Waals surface area contributed by atoms with Crippen LogP contribution in [-0.4, -0.2) is 31.0 Å². The molecular weight excluding hydrogens is 226 g/mol. The minimum absolute atomic E-state index is 0.188. The van der Waals surface area contributed by atoms with Gasteiger partial charge in [-0.2, -0.15) is 0 Å². The Kier molecular flexibility index (Phi) is 5.20. The maximum absolute atomic E-state index is 12.1. The minimum Gasteiger partial charge on any atom is -0.496 e. The van der Waals surface area contributed by atoms with Crippen LogP contribution in [0.25, 0.3) is 0 Å². The SMILES string of the molecule is CCN(CC)C(=O)Cc1cc(C)c(OC)cc1C. The number of aryl methyl sites for hydroxylation is 2. The van der Waals surface area contributed by atoms with E-state index in [0.29, 0.717) is 6.42 Å². The fourth-order valence-corrected chi connectivity index (χ4v) is 2.11. The third-order valence-electron chi connectivity index (χ3n) is 3.31. The van der Waals surface area contributed by atoms with Crippen molar-refractivity contribution in [3.63, 3.8) is 0 Å². The molecule has 0 saturated heterocycles. The third kappa shape index (κ3) is 3.25. The highest BCUT2D eigenvalue weighted by molar-refractivity contribution is 5.79. The van der Waals surface area contributed by atoms with Gasteiger partial charge >= 0.3 is 0 Å². The number of ether oxygens (including phenoxy) is 1. The molecule has 0 atom stereocenters. The number of carbonyl (C=O) groups excluding carboxylic acids is 1. The summed E-state index contributed by atoms with van der Waals surface area (Å²) in [6, 6.07) is 4.05. The van der Waals surface area contributed by atoms with Crippen LogP contribution >= 0.6 is 0 Å². The number of rotatable bonds is 5. The lowest BCUT2D eigenvalue weighted by Gasteiger charge is -2.19. The van der Waals surface area contributed by atoms with Gasteiger partial charge in [0.1, 0.15) is 5.75 Å². The van der Waals surface area contributed by atoms with Gasteiger partial charge in [-0.05, 0) is 50.5 Å². The minimum atomic E-state index is 0.188. The Morgan fingerprint density at radius 2 is 1.78 bits per heavy atom. The number of likely N-dealkylation sites (N-methyl/N-ethyl adjacent to an activating group) is 1. The lowest BCUT2D eigenvalue weighted by atomic mass is 10.0. The molecule has 1 rings (SSSR count). The van der Waals surface area contributed by atoms with Crippen LogP contribution in [0.1, 0.15) is 30.5 Å². The van der Waals surface area contributed by atoms with Crippen LogP contribution in [0.4, 0.5) is 0 Å². The van der Waals surface area contributed by atoms with Gasteiger partial charge in [0.15, 0.2) is 0 Å². The van der Waals surface area contributed by atoms with E-state index in [0.717, 1.165) is 35.5 Å². The molecule has 0 heterocycles. The Balaban J connectivity index is 2.91. The van der Waals surface area contributed by atoms with Crippen LogP contribution in [0.15, 0.2) is 12.1 Å². The molecule has 0 saturated carbocycles. The van der Waals surface area contributed by atoms with Gasteiger partial charge in [-0.15, -0.1) is 0 Å². The summed E-state index contributed by atoms with van der Waals surface area (Å²) in [5.41, 5.74) is 3.27. The van der Waals surface area contributed by atoms with Crippen molar-refractivity contribution in [3.05, 3.63) is 28.8 Å². The van der Waals surface area contributed by atoms with Crippen LogP contribution in [0.5, 0.6) is 5.75 Å². The Hall–Kier alpha value is -1.51. The highest BCUT2D eigenvalue weighted by Crippen LogP contribution is 2.23. The van der Waals surface area contributed by atoms with Gasteiger partial charge in [-0.25, -0.2) is 0 Å². The Morgan fingerprint density at radius 1 is 1.17 bits per heavy atom. The molecule has 0 spiro atoms. The number of benzene rings is 1. The topological polar surface area (TPSA) is 29.5 Å². The molecule has 18 heavy (non-hydrogen) atoms. The largest absolute Gasteiger partial charge is 0.496 e. The quantitative estimate of drug-likeness (QED) is 0.803. The van der Waals surface area contributed by atoms with E-state index < -0.39 is 0 Å². The summed E-state index contributed by atoms with van der Waals surface area (Å²) in [6.07, 6.45) is 0.471. The molecule has 100 valence electrons. The summed E-state index contributed by atoms with van der Waals surface area (Å²) < 4.78 is 5.28. The zero-order valence-corrected chi connectivity index (χ0v) is 12.0. The number of hydrogen-bond donors (Lipinski definition) is 0.